The van der Waals surface area contributed by atoms with E-state index >= 15 is 0 Å². The molecule has 8 heteroatoms. The fraction of sp³-hybridized carbons (Fsp3) is 0.357. The Morgan fingerprint density at radius 1 is 1.41 bits per heavy atom. The zero-order valence-corrected chi connectivity index (χ0v) is 15.0. The van der Waals surface area contributed by atoms with Crippen molar-refractivity contribution in [2.45, 2.75) is 27.8 Å². The highest BCUT2D eigenvalue weighted by Crippen LogP contribution is 2.31. The van der Waals surface area contributed by atoms with Crippen LogP contribution in [0, 0.1) is 0 Å². The molecule has 1 amide bonds. The monoisotopic (exact) mass is 355 g/mol. The standard InChI is InChI=1S/C14H17N3O2S3/c1-4-20-13-16-17-14(22-13)21-9(2)12(18)15-10-6-5-7-11(8-10)19-3/h5-9H,4H2,1-3H3,(H,15,18)/t9-/m0/s1. The number of amides is 1. The summed E-state index contributed by atoms with van der Waals surface area (Å²) >= 11 is 4.59. The third-order valence-electron chi connectivity index (χ3n) is 2.64. The molecule has 0 saturated carbocycles. The summed E-state index contributed by atoms with van der Waals surface area (Å²) in [4.78, 5) is 12.2. The summed E-state index contributed by atoms with van der Waals surface area (Å²) in [5.41, 5.74) is 0.719. The van der Waals surface area contributed by atoms with Crippen LogP contribution in [-0.4, -0.2) is 34.2 Å². The molecule has 22 heavy (non-hydrogen) atoms. The molecular weight excluding hydrogens is 338 g/mol. The number of methoxy groups -OCH3 is 1. The predicted octanol–water partition coefficient (Wildman–Crippen LogP) is 3.78. The van der Waals surface area contributed by atoms with Gasteiger partial charge in [0.1, 0.15) is 5.75 Å². The molecule has 0 spiro atoms. The van der Waals surface area contributed by atoms with Gasteiger partial charge in [0, 0.05) is 11.8 Å². The van der Waals surface area contributed by atoms with Gasteiger partial charge in [0.15, 0.2) is 8.68 Å². The molecule has 1 aromatic carbocycles. The first-order valence-corrected chi connectivity index (χ1v) is 9.38. The van der Waals surface area contributed by atoms with E-state index in [2.05, 4.69) is 22.4 Å². The van der Waals surface area contributed by atoms with Gasteiger partial charge in [-0.3, -0.25) is 4.79 Å². The van der Waals surface area contributed by atoms with E-state index in [1.165, 1.54) is 23.1 Å². The first-order valence-electron chi connectivity index (χ1n) is 6.70. The van der Waals surface area contributed by atoms with Crippen molar-refractivity contribution in [3.63, 3.8) is 0 Å². The number of hydrogen-bond donors (Lipinski definition) is 1. The summed E-state index contributed by atoms with van der Waals surface area (Å²) in [5.74, 6) is 1.60. The molecule has 2 rings (SSSR count). The van der Waals surface area contributed by atoms with E-state index < -0.39 is 0 Å². The third kappa shape index (κ3) is 4.89. The minimum Gasteiger partial charge on any atom is -0.497 e. The summed E-state index contributed by atoms with van der Waals surface area (Å²) < 4.78 is 6.89. The lowest BCUT2D eigenvalue weighted by molar-refractivity contribution is -0.115. The largest absolute Gasteiger partial charge is 0.497 e. The van der Waals surface area contributed by atoms with Crippen LogP contribution in [-0.2, 0) is 4.79 Å². The van der Waals surface area contributed by atoms with Crippen LogP contribution in [0.1, 0.15) is 13.8 Å². The Morgan fingerprint density at radius 3 is 2.91 bits per heavy atom. The van der Waals surface area contributed by atoms with Crippen LogP contribution in [0.25, 0.3) is 0 Å². The highest BCUT2D eigenvalue weighted by atomic mass is 32.2. The number of ether oxygens (including phenoxy) is 1. The second-order valence-corrected chi connectivity index (χ2v) is 8.32. The van der Waals surface area contributed by atoms with Crippen LogP contribution in [0.3, 0.4) is 0 Å². The number of rotatable bonds is 7. The number of anilines is 1. The number of thioether (sulfide) groups is 2. The van der Waals surface area contributed by atoms with E-state index in [1.807, 2.05) is 25.1 Å². The highest BCUT2D eigenvalue weighted by Gasteiger charge is 2.17. The summed E-state index contributed by atoms with van der Waals surface area (Å²) in [6.45, 7) is 3.93. The second-order valence-electron chi connectivity index (χ2n) is 4.25. The molecular formula is C14H17N3O2S3. The maximum Gasteiger partial charge on any atom is 0.237 e. The zero-order chi connectivity index (χ0) is 15.9. The Bertz CT molecular complexity index is 633. The Kier molecular flexibility index (Phi) is 6.53. The van der Waals surface area contributed by atoms with Gasteiger partial charge < -0.3 is 10.1 Å². The van der Waals surface area contributed by atoms with Gasteiger partial charge in [-0.15, -0.1) is 10.2 Å². The molecule has 0 aliphatic heterocycles. The van der Waals surface area contributed by atoms with E-state index in [0.717, 1.165) is 20.1 Å². The molecule has 0 aliphatic rings. The fourth-order valence-corrected chi connectivity index (χ4v) is 4.64. The molecule has 0 bridgehead atoms. The van der Waals surface area contributed by atoms with Crippen molar-refractivity contribution in [3.05, 3.63) is 24.3 Å². The average Bonchev–Trinajstić information content (AvgIpc) is 2.95. The van der Waals surface area contributed by atoms with E-state index in [9.17, 15) is 4.79 Å². The second kappa shape index (κ2) is 8.40. The van der Waals surface area contributed by atoms with E-state index in [-0.39, 0.29) is 11.2 Å². The number of hydrogen-bond acceptors (Lipinski definition) is 7. The smallest absolute Gasteiger partial charge is 0.237 e. The maximum atomic E-state index is 12.2. The third-order valence-corrected chi connectivity index (χ3v) is 5.76. The van der Waals surface area contributed by atoms with Crippen molar-refractivity contribution in [3.8, 4) is 5.75 Å². The molecule has 1 aromatic heterocycles. The van der Waals surface area contributed by atoms with Crippen LogP contribution in [0.2, 0.25) is 0 Å². The molecule has 2 aromatic rings. The van der Waals surface area contributed by atoms with E-state index in [0.29, 0.717) is 5.75 Å². The molecule has 5 nitrogen and oxygen atoms in total. The highest BCUT2D eigenvalue weighted by molar-refractivity contribution is 8.03. The van der Waals surface area contributed by atoms with E-state index in [4.69, 9.17) is 4.74 Å². The van der Waals surface area contributed by atoms with Crippen molar-refractivity contribution in [1.29, 1.82) is 0 Å². The zero-order valence-electron chi connectivity index (χ0n) is 12.5. The van der Waals surface area contributed by atoms with Crippen LogP contribution in [0.4, 0.5) is 5.69 Å². The Balaban J connectivity index is 1.93. The van der Waals surface area contributed by atoms with Gasteiger partial charge in [-0.2, -0.15) is 0 Å². The van der Waals surface area contributed by atoms with Gasteiger partial charge in [-0.25, -0.2) is 0 Å². The molecule has 0 aliphatic carbocycles. The van der Waals surface area contributed by atoms with Crippen LogP contribution < -0.4 is 10.1 Å². The maximum absolute atomic E-state index is 12.2. The number of nitrogens with one attached hydrogen (secondary N) is 1. The lowest BCUT2D eigenvalue weighted by Crippen LogP contribution is -2.22. The number of benzene rings is 1. The van der Waals surface area contributed by atoms with Gasteiger partial charge in [-0.1, -0.05) is 47.9 Å². The van der Waals surface area contributed by atoms with Crippen molar-refractivity contribution in [2.24, 2.45) is 0 Å². The molecule has 0 saturated heterocycles. The minimum atomic E-state index is -0.251. The first kappa shape index (κ1) is 17.1. The number of nitrogens with zero attached hydrogens (tertiary/aromatic N) is 2. The van der Waals surface area contributed by atoms with Gasteiger partial charge in [0.05, 0.1) is 12.4 Å². The average molecular weight is 356 g/mol. The predicted molar refractivity (Wildman–Crippen MR) is 93.2 cm³/mol. The number of carbonyl (C=O) groups excluding carboxylic acids is 1. The normalized spacial score (nSPS) is 12.0. The van der Waals surface area contributed by atoms with Crippen LogP contribution in [0.5, 0.6) is 5.75 Å². The van der Waals surface area contributed by atoms with Gasteiger partial charge >= 0.3 is 0 Å². The fourth-order valence-electron chi connectivity index (χ4n) is 1.58. The molecule has 1 heterocycles. The summed E-state index contributed by atoms with van der Waals surface area (Å²) in [6, 6.07) is 7.29. The van der Waals surface area contributed by atoms with Crippen LogP contribution >= 0.6 is 34.9 Å². The van der Waals surface area contributed by atoms with Crippen molar-refractivity contribution >= 4 is 46.5 Å². The molecule has 0 unspecified atom stereocenters. The summed E-state index contributed by atoms with van der Waals surface area (Å²) in [7, 11) is 1.60. The van der Waals surface area contributed by atoms with Gasteiger partial charge in [0.2, 0.25) is 5.91 Å². The molecule has 118 valence electrons. The quantitative estimate of drug-likeness (QED) is 0.763. The van der Waals surface area contributed by atoms with Crippen LogP contribution in [0.15, 0.2) is 32.9 Å². The molecule has 0 fully saturated rings. The Labute approximate surface area is 142 Å². The van der Waals surface area contributed by atoms with Gasteiger partial charge in [-0.05, 0) is 24.8 Å². The first-order chi connectivity index (χ1) is 10.6. The minimum absolute atomic E-state index is 0.0712. The Morgan fingerprint density at radius 2 is 2.18 bits per heavy atom. The molecule has 1 atom stereocenters. The van der Waals surface area contributed by atoms with E-state index in [1.54, 1.807) is 24.9 Å². The van der Waals surface area contributed by atoms with Crippen molar-refractivity contribution in [1.82, 2.24) is 10.2 Å². The molecule has 1 N–H and O–H groups in total. The van der Waals surface area contributed by atoms with Gasteiger partial charge in [0.25, 0.3) is 0 Å². The van der Waals surface area contributed by atoms with Crippen molar-refractivity contribution < 1.29 is 9.53 Å². The number of carbonyl (C=O) groups is 1. The lowest BCUT2D eigenvalue weighted by Gasteiger charge is -2.11. The summed E-state index contributed by atoms with van der Waals surface area (Å²) in [6.07, 6.45) is 0. The lowest BCUT2D eigenvalue weighted by atomic mass is 10.3. The Hall–Kier alpha value is -1.25. The number of aromatic nitrogens is 2. The topological polar surface area (TPSA) is 64.1 Å². The molecule has 0 radical (unpaired) electrons. The van der Waals surface area contributed by atoms with Crippen molar-refractivity contribution in [2.75, 3.05) is 18.2 Å². The summed E-state index contributed by atoms with van der Waals surface area (Å²) in [5, 5.41) is 10.8. The SMILES string of the molecule is CCSc1nnc(S[C@@H](C)C(=O)Nc2cccc(OC)c2)s1.